The molecule has 0 aliphatic heterocycles. The minimum atomic E-state index is -0.605. The predicted molar refractivity (Wildman–Crippen MR) is 68.6 cm³/mol. The van der Waals surface area contributed by atoms with Crippen LogP contribution in [0.3, 0.4) is 0 Å². The zero-order chi connectivity index (χ0) is 13.1. The molecule has 0 spiro atoms. The highest BCUT2D eigenvalue weighted by molar-refractivity contribution is 6.33. The first-order valence-electron chi connectivity index (χ1n) is 4.95. The minimum absolute atomic E-state index is 0.00703. The lowest BCUT2D eigenvalue weighted by Crippen LogP contribution is -2.13. The normalized spacial score (nSPS) is 10.2. The van der Waals surface area contributed by atoms with Crippen molar-refractivity contribution in [3.8, 4) is 0 Å². The SMILES string of the molecule is O=C(Nc1ccc(Cl)c(F)c1)c1cccnc1Cl. The van der Waals surface area contributed by atoms with E-state index in [-0.39, 0.29) is 15.7 Å². The molecule has 92 valence electrons. The fourth-order valence-corrected chi connectivity index (χ4v) is 1.65. The first kappa shape index (κ1) is 12.8. The third kappa shape index (κ3) is 2.78. The maximum Gasteiger partial charge on any atom is 0.258 e. The molecule has 1 aromatic carbocycles. The van der Waals surface area contributed by atoms with Crippen molar-refractivity contribution >= 4 is 34.8 Å². The lowest BCUT2D eigenvalue weighted by atomic mass is 10.2. The van der Waals surface area contributed by atoms with Crippen LogP contribution in [0.1, 0.15) is 10.4 Å². The first-order chi connectivity index (χ1) is 8.58. The number of amides is 1. The zero-order valence-corrected chi connectivity index (χ0v) is 10.5. The summed E-state index contributed by atoms with van der Waals surface area (Å²) in [5, 5.41) is 2.59. The molecule has 1 heterocycles. The number of hydrogen-bond donors (Lipinski definition) is 1. The Hall–Kier alpha value is -1.65. The quantitative estimate of drug-likeness (QED) is 0.853. The van der Waals surface area contributed by atoms with Crippen LogP contribution < -0.4 is 5.32 Å². The van der Waals surface area contributed by atoms with Gasteiger partial charge in [0.05, 0.1) is 10.6 Å². The molecule has 0 saturated heterocycles. The summed E-state index contributed by atoms with van der Waals surface area (Å²) in [6.07, 6.45) is 1.47. The predicted octanol–water partition coefficient (Wildman–Crippen LogP) is 3.78. The second-order valence-electron chi connectivity index (χ2n) is 3.42. The molecule has 2 rings (SSSR count). The number of halogens is 3. The van der Waals surface area contributed by atoms with Crippen LogP contribution in [0.15, 0.2) is 36.5 Å². The van der Waals surface area contributed by atoms with Gasteiger partial charge in [0, 0.05) is 11.9 Å². The van der Waals surface area contributed by atoms with Gasteiger partial charge >= 0.3 is 0 Å². The summed E-state index contributed by atoms with van der Waals surface area (Å²) in [5.74, 6) is -1.07. The largest absolute Gasteiger partial charge is 0.322 e. The maximum atomic E-state index is 13.2. The molecule has 1 N–H and O–H groups in total. The lowest BCUT2D eigenvalue weighted by Gasteiger charge is -2.06. The van der Waals surface area contributed by atoms with Crippen molar-refractivity contribution in [3.63, 3.8) is 0 Å². The maximum absolute atomic E-state index is 13.2. The van der Waals surface area contributed by atoms with E-state index in [1.807, 2.05) is 0 Å². The molecule has 0 atom stereocenters. The van der Waals surface area contributed by atoms with Gasteiger partial charge in [0.2, 0.25) is 0 Å². The number of carbonyl (C=O) groups is 1. The van der Waals surface area contributed by atoms with Crippen LogP contribution in [-0.4, -0.2) is 10.9 Å². The number of hydrogen-bond acceptors (Lipinski definition) is 2. The van der Waals surface area contributed by atoms with Crippen LogP contribution in [0.4, 0.5) is 10.1 Å². The summed E-state index contributed by atoms with van der Waals surface area (Å²) < 4.78 is 13.2. The molecule has 18 heavy (non-hydrogen) atoms. The number of pyridine rings is 1. The molecule has 0 fully saturated rings. The van der Waals surface area contributed by atoms with Gasteiger partial charge in [-0.3, -0.25) is 4.79 Å². The Morgan fingerprint density at radius 3 is 2.72 bits per heavy atom. The number of rotatable bonds is 2. The number of nitrogens with one attached hydrogen (secondary N) is 1. The van der Waals surface area contributed by atoms with Crippen molar-refractivity contribution in [2.75, 3.05) is 5.32 Å². The van der Waals surface area contributed by atoms with Gasteiger partial charge in [0.1, 0.15) is 11.0 Å². The Kier molecular flexibility index (Phi) is 3.79. The van der Waals surface area contributed by atoms with E-state index >= 15 is 0 Å². The van der Waals surface area contributed by atoms with Gasteiger partial charge in [-0.2, -0.15) is 0 Å². The highest BCUT2D eigenvalue weighted by atomic mass is 35.5. The number of aromatic nitrogens is 1. The highest BCUT2D eigenvalue weighted by Gasteiger charge is 2.11. The molecule has 0 aliphatic rings. The summed E-state index contributed by atoms with van der Waals surface area (Å²) in [6.45, 7) is 0. The summed E-state index contributed by atoms with van der Waals surface area (Å²) >= 11 is 11.3. The highest BCUT2D eigenvalue weighted by Crippen LogP contribution is 2.20. The monoisotopic (exact) mass is 284 g/mol. The van der Waals surface area contributed by atoms with Crippen molar-refractivity contribution in [2.45, 2.75) is 0 Å². The second kappa shape index (κ2) is 5.33. The molecule has 2 aromatic rings. The van der Waals surface area contributed by atoms with Crippen molar-refractivity contribution in [1.29, 1.82) is 0 Å². The topological polar surface area (TPSA) is 42.0 Å². The van der Waals surface area contributed by atoms with Gasteiger partial charge in [-0.15, -0.1) is 0 Å². The van der Waals surface area contributed by atoms with Crippen LogP contribution in [0.5, 0.6) is 0 Å². The summed E-state index contributed by atoms with van der Waals surface area (Å²) in [7, 11) is 0. The summed E-state index contributed by atoms with van der Waals surface area (Å²) in [6, 6.07) is 7.09. The van der Waals surface area contributed by atoms with Crippen LogP contribution in [0, 0.1) is 5.82 Å². The van der Waals surface area contributed by atoms with Gasteiger partial charge in [-0.05, 0) is 30.3 Å². The number of anilines is 1. The van der Waals surface area contributed by atoms with Gasteiger partial charge in [-0.1, -0.05) is 23.2 Å². The van der Waals surface area contributed by atoms with E-state index in [2.05, 4.69) is 10.3 Å². The third-order valence-corrected chi connectivity index (χ3v) is 2.79. The molecule has 0 saturated carbocycles. The average molecular weight is 285 g/mol. The fourth-order valence-electron chi connectivity index (χ4n) is 1.33. The van der Waals surface area contributed by atoms with E-state index in [0.717, 1.165) is 6.07 Å². The Labute approximate surface area is 113 Å². The average Bonchev–Trinajstić information content (AvgIpc) is 2.34. The Morgan fingerprint density at radius 1 is 1.28 bits per heavy atom. The molecule has 0 aliphatic carbocycles. The fraction of sp³-hybridized carbons (Fsp3) is 0. The molecule has 0 unspecified atom stereocenters. The Balaban J connectivity index is 2.22. The van der Waals surface area contributed by atoms with Crippen LogP contribution in [0.25, 0.3) is 0 Å². The second-order valence-corrected chi connectivity index (χ2v) is 4.19. The van der Waals surface area contributed by atoms with Gasteiger partial charge in [0.15, 0.2) is 0 Å². The van der Waals surface area contributed by atoms with E-state index in [1.54, 1.807) is 6.07 Å². The van der Waals surface area contributed by atoms with E-state index < -0.39 is 11.7 Å². The van der Waals surface area contributed by atoms with Crippen LogP contribution in [-0.2, 0) is 0 Å². The third-order valence-electron chi connectivity index (χ3n) is 2.18. The molecule has 0 radical (unpaired) electrons. The molecule has 1 aromatic heterocycles. The van der Waals surface area contributed by atoms with Crippen molar-refractivity contribution in [1.82, 2.24) is 4.98 Å². The van der Waals surface area contributed by atoms with Gasteiger partial charge in [-0.25, -0.2) is 9.37 Å². The van der Waals surface area contributed by atoms with E-state index in [1.165, 1.54) is 24.4 Å². The molecule has 0 bridgehead atoms. The van der Waals surface area contributed by atoms with Crippen LogP contribution >= 0.6 is 23.2 Å². The van der Waals surface area contributed by atoms with Crippen molar-refractivity contribution < 1.29 is 9.18 Å². The number of carbonyl (C=O) groups excluding carboxylic acids is 1. The van der Waals surface area contributed by atoms with E-state index in [4.69, 9.17) is 23.2 Å². The molecule has 1 amide bonds. The van der Waals surface area contributed by atoms with Gasteiger partial charge < -0.3 is 5.32 Å². The Bertz CT molecular complexity index is 604. The molecular formula is C12H7Cl2FN2O. The number of nitrogens with zero attached hydrogens (tertiary/aromatic N) is 1. The minimum Gasteiger partial charge on any atom is -0.322 e. The zero-order valence-electron chi connectivity index (χ0n) is 8.95. The van der Waals surface area contributed by atoms with Crippen molar-refractivity contribution in [3.05, 3.63) is 58.1 Å². The van der Waals surface area contributed by atoms with E-state index in [9.17, 15) is 9.18 Å². The standard InChI is InChI=1S/C12H7Cl2FN2O/c13-9-4-3-7(6-10(9)15)17-12(18)8-2-1-5-16-11(8)14/h1-6H,(H,17,18). The Morgan fingerprint density at radius 2 is 2.06 bits per heavy atom. The lowest BCUT2D eigenvalue weighted by molar-refractivity contribution is 0.102. The summed E-state index contributed by atoms with van der Waals surface area (Å²) in [4.78, 5) is 15.6. The number of benzene rings is 1. The van der Waals surface area contributed by atoms with Gasteiger partial charge in [0.25, 0.3) is 5.91 Å². The first-order valence-corrected chi connectivity index (χ1v) is 5.70. The van der Waals surface area contributed by atoms with Crippen molar-refractivity contribution in [2.24, 2.45) is 0 Å². The molecular weight excluding hydrogens is 278 g/mol. The smallest absolute Gasteiger partial charge is 0.258 e. The van der Waals surface area contributed by atoms with E-state index in [0.29, 0.717) is 5.69 Å². The summed E-state index contributed by atoms with van der Waals surface area (Å²) in [5.41, 5.74) is 0.511. The molecule has 3 nitrogen and oxygen atoms in total. The molecule has 6 heteroatoms. The van der Waals surface area contributed by atoms with Crippen LogP contribution in [0.2, 0.25) is 10.2 Å².